The Bertz CT molecular complexity index is 579. The summed E-state index contributed by atoms with van der Waals surface area (Å²) in [6, 6.07) is 7.08. The zero-order valence-corrected chi connectivity index (χ0v) is 10.0. The highest BCUT2D eigenvalue weighted by atomic mass is 19.4. The molecule has 0 atom stereocenters. The summed E-state index contributed by atoms with van der Waals surface area (Å²) in [4.78, 5) is 3.62. The van der Waals surface area contributed by atoms with Gasteiger partial charge in [-0.05, 0) is 36.8 Å². The lowest BCUT2D eigenvalue weighted by atomic mass is 10.2. The summed E-state index contributed by atoms with van der Waals surface area (Å²) in [5, 5.41) is 0. The number of rotatable bonds is 2. The average molecular weight is 268 g/mol. The lowest BCUT2D eigenvalue weighted by Gasteiger charge is -2.09. The van der Waals surface area contributed by atoms with Crippen molar-refractivity contribution in [2.24, 2.45) is 0 Å². The van der Waals surface area contributed by atoms with Gasteiger partial charge < -0.3 is 10.5 Å². The number of hydrogen-bond acceptors (Lipinski definition) is 3. The van der Waals surface area contributed by atoms with Crippen LogP contribution in [0.4, 0.5) is 18.9 Å². The van der Waals surface area contributed by atoms with Crippen LogP contribution in [-0.4, -0.2) is 4.98 Å². The first-order chi connectivity index (χ1) is 8.86. The van der Waals surface area contributed by atoms with E-state index in [1.54, 1.807) is 18.2 Å². The normalized spacial score (nSPS) is 11.4. The second-order valence-electron chi connectivity index (χ2n) is 4.00. The van der Waals surface area contributed by atoms with Crippen LogP contribution in [-0.2, 0) is 6.18 Å². The predicted octanol–water partition coefficient (Wildman–Crippen LogP) is 3.78. The number of aromatic nitrogens is 1. The number of aryl methyl sites for hydroxylation is 1. The van der Waals surface area contributed by atoms with Crippen molar-refractivity contribution in [1.29, 1.82) is 0 Å². The Hall–Kier alpha value is -2.24. The van der Waals surface area contributed by atoms with Gasteiger partial charge in [0.1, 0.15) is 5.75 Å². The van der Waals surface area contributed by atoms with Gasteiger partial charge in [0.05, 0.1) is 5.56 Å². The van der Waals surface area contributed by atoms with Crippen LogP contribution in [0.1, 0.15) is 11.1 Å². The summed E-state index contributed by atoms with van der Waals surface area (Å²) in [5.41, 5.74) is 6.28. The monoisotopic (exact) mass is 268 g/mol. The molecule has 0 saturated carbocycles. The van der Waals surface area contributed by atoms with Gasteiger partial charge in [0.15, 0.2) is 0 Å². The highest BCUT2D eigenvalue weighted by Crippen LogP contribution is 2.30. The zero-order valence-electron chi connectivity index (χ0n) is 10.0. The molecule has 0 fully saturated rings. The van der Waals surface area contributed by atoms with Crippen molar-refractivity contribution in [3.05, 3.63) is 47.7 Å². The van der Waals surface area contributed by atoms with Crippen molar-refractivity contribution in [2.45, 2.75) is 13.1 Å². The topological polar surface area (TPSA) is 48.1 Å². The summed E-state index contributed by atoms with van der Waals surface area (Å²) >= 11 is 0. The number of pyridine rings is 1. The van der Waals surface area contributed by atoms with Crippen LogP contribution in [0, 0.1) is 6.92 Å². The Labute approximate surface area is 107 Å². The van der Waals surface area contributed by atoms with E-state index >= 15 is 0 Å². The molecule has 1 heterocycles. The smallest absolute Gasteiger partial charge is 0.417 e. The fraction of sp³-hybridized carbons (Fsp3) is 0.154. The lowest BCUT2D eigenvalue weighted by molar-refractivity contribution is -0.137. The number of nitrogens with two attached hydrogens (primary N) is 1. The SMILES string of the molecule is Cc1cc(Oc2ccc(C(F)(F)F)cn2)ccc1N. The largest absolute Gasteiger partial charge is 0.439 e. The maximum absolute atomic E-state index is 12.3. The van der Waals surface area contributed by atoms with E-state index in [-0.39, 0.29) is 5.88 Å². The molecule has 1 aromatic carbocycles. The van der Waals surface area contributed by atoms with E-state index in [4.69, 9.17) is 10.5 Å². The Kier molecular flexibility index (Phi) is 3.33. The number of halogens is 3. The third-order valence-electron chi connectivity index (χ3n) is 2.53. The van der Waals surface area contributed by atoms with E-state index in [0.717, 1.165) is 17.8 Å². The predicted molar refractivity (Wildman–Crippen MR) is 64.9 cm³/mol. The van der Waals surface area contributed by atoms with Crippen molar-refractivity contribution in [1.82, 2.24) is 4.98 Å². The summed E-state index contributed by atoms with van der Waals surface area (Å²) in [5.74, 6) is 0.566. The van der Waals surface area contributed by atoms with Crippen LogP contribution in [0.25, 0.3) is 0 Å². The van der Waals surface area contributed by atoms with Crippen LogP contribution in [0.2, 0.25) is 0 Å². The molecule has 0 amide bonds. The molecule has 2 rings (SSSR count). The van der Waals surface area contributed by atoms with Crippen LogP contribution < -0.4 is 10.5 Å². The number of anilines is 1. The lowest BCUT2D eigenvalue weighted by Crippen LogP contribution is -2.05. The fourth-order valence-electron chi connectivity index (χ4n) is 1.44. The Morgan fingerprint density at radius 2 is 1.89 bits per heavy atom. The molecule has 1 aromatic heterocycles. The van der Waals surface area contributed by atoms with Gasteiger partial charge in [-0.3, -0.25) is 0 Å². The molecule has 100 valence electrons. The van der Waals surface area contributed by atoms with Gasteiger partial charge >= 0.3 is 6.18 Å². The van der Waals surface area contributed by atoms with Crippen LogP contribution in [0.3, 0.4) is 0 Å². The minimum absolute atomic E-state index is 0.0946. The number of hydrogen-bond donors (Lipinski definition) is 1. The highest BCUT2D eigenvalue weighted by molar-refractivity contribution is 5.50. The van der Waals surface area contributed by atoms with Crippen molar-refractivity contribution in [2.75, 3.05) is 5.73 Å². The van der Waals surface area contributed by atoms with Crippen LogP contribution in [0.5, 0.6) is 11.6 Å². The van der Waals surface area contributed by atoms with Gasteiger partial charge in [0.2, 0.25) is 5.88 Å². The van der Waals surface area contributed by atoms with Crippen molar-refractivity contribution < 1.29 is 17.9 Å². The third-order valence-corrected chi connectivity index (χ3v) is 2.53. The number of nitrogens with zero attached hydrogens (tertiary/aromatic N) is 1. The second-order valence-corrected chi connectivity index (χ2v) is 4.00. The van der Waals surface area contributed by atoms with Crippen molar-refractivity contribution in [3.8, 4) is 11.6 Å². The van der Waals surface area contributed by atoms with Gasteiger partial charge in [-0.25, -0.2) is 4.98 Å². The van der Waals surface area contributed by atoms with Crippen molar-refractivity contribution in [3.63, 3.8) is 0 Å². The molecular formula is C13H11F3N2O. The highest BCUT2D eigenvalue weighted by Gasteiger charge is 2.30. The van der Waals surface area contributed by atoms with Gasteiger partial charge in [-0.2, -0.15) is 13.2 Å². The Morgan fingerprint density at radius 1 is 1.16 bits per heavy atom. The minimum Gasteiger partial charge on any atom is -0.439 e. The summed E-state index contributed by atoms with van der Waals surface area (Å²) < 4.78 is 42.4. The van der Waals surface area contributed by atoms with Gasteiger partial charge in [0.25, 0.3) is 0 Å². The first-order valence-corrected chi connectivity index (χ1v) is 5.43. The van der Waals surface area contributed by atoms with E-state index in [0.29, 0.717) is 11.4 Å². The van der Waals surface area contributed by atoms with E-state index < -0.39 is 11.7 Å². The Morgan fingerprint density at radius 3 is 2.42 bits per heavy atom. The zero-order chi connectivity index (χ0) is 14.0. The molecule has 0 aliphatic carbocycles. The fourth-order valence-corrected chi connectivity index (χ4v) is 1.44. The van der Waals surface area contributed by atoms with E-state index in [2.05, 4.69) is 4.98 Å². The summed E-state index contributed by atoms with van der Waals surface area (Å²) in [6.45, 7) is 1.81. The van der Waals surface area contributed by atoms with Gasteiger partial charge in [0, 0.05) is 18.0 Å². The van der Waals surface area contributed by atoms with E-state index in [9.17, 15) is 13.2 Å². The molecule has 0 bridgehead atoms. The van der Waals surface area contributed by atoms with E-state index in [1.165, 1.54) is 6.07 Å². The maximum atomic E-state index is 12.3. The van der Waals surface area contributed by atoms with Crippen LogP contribution >= 0.6 is 0 Å². The molecule has 19 heavy (non-hydrogen) atoms. The Balaban J connectivity index is 2.17. The molecule has 3 nitrogen and oxygen atoms in total. The third kappa shape index (κ3) is 3.15. The molecule has 6 heteroatoms. The molecule has 0 unspecified atom stereocenters. The standard InChI is InChI=1S/C13H11F3N2O/c1-8-6-10(3-4-11(8)17)19-12-5-2-9(7-18-12)13(14,15)16/h2-7H,17H2,1H3. The molecule has 0 saturated heterocycles. The number of alkyl halides is 3. The first-order valence-electron chi connectivity index (χ1n) is 5.43. The van der Waals surface area contributed by atoms with Crippen LogP contribution in [0.15, 0.2) is 36.5 Å². The maximum Gasteiger partial charge on any atom is 0.417 e. The quantitative estimate of drug-likeness (QED) is 0.843. The molecule has 0 radical (unpaired) electrons. The molecule has 2 aromatic rings. The average Bonchev–Trinajstić information content (AvgIpc) is 2.33. The molecule has 2 N–H and O–H groups in total. The number of nitrogen functional groups attached to an aromatic ring is 1. The van der Waals surface area contributed by atoms with Crippen molar-refractivity contribution >= 4 is 5.69 Å². The molecule has 0 aliphatic rings. The number of ether oxygens (including phenoxy) is 1. The summed E-state index contributed by atoms with van der Waals surface area (Å²) in [6.07, 6.45) is -3.66. The van der Waals surface area contributed by atoms with Gasteiger partial charge in [-0.15, -0.1) is 0 Å². The minimum atomic E-state index is -4.40. The van der Waals surface area contributed by atoms with E-state index in [1.807, 2.05) is 6.92 Å². The molecular weight excluding hydrogens is 257 g/mol. The summed E-state index contributed by atoms with van der Waals surface area (Å²) in [7, 11) is 0. The second kappa shape index (κ2) is 4.79. The first kappa shape index (κ1) is 13.2. The molecule has 0 spiro atoms. The van der Waals surface area contributed by atoms with Gasteiger partial charge in [-0.1, -0.05) is 0 Å². The number of benzene rings is 1. The molecule has 0 aliphatic heterocycles.